The highest BCUT2D eigenvalue weighted by molar-refractivity contribution is 7.97. The molecule has 0 aliphatic heterocycles. The van der Waals surface area contributed by atoms with E-state index in [0.29, 0.717) is 6.61 Å². The number of alkyl halides is 24. The Bertz CT molecular complexity index is 1960. The fourth-order valence-electron chi connectivity index (χ4n) is 6.47. The van der Waals surface area contributed by atoms with Crippen LogP contribution < -0.4 is 21.9 Å². The van der Waals surface area contributed by atoms with Crippen molar-refractivity contribution < 1.29 is 114 Å². The molecule has 4 aromatic rings. The molecule has 0 radical (unpaired) electrons. The van der Waals surface area contributed by atoms with Gasteiger partial charge in [0, 0.05) is 0 Å². The predicted octanol–water partition coefficient (Wildman–Crippen LogP) is 12.7. The minimum Gasteiger partial charge on any atom is -0.194 e. The lowest BCUT2D eigenvalue weighted by Crippen LogP contribution is -2.75. The summed E-state index contributed by atoms with van der Waals surface area (Å²) in [6, 6.07) is -8.81. The Kier molecular flexibility index (Phi) is 15.6. The summed E-state index contributed by atoms with van der Waals surface area (Å²) in [5, 5.41) is 0. The first-order valence-electron chi connectivity index (χ1n) is 17.8. The lowest BCUT2D eigenvalue weighted by molar-refractivity contribution is -0.144. The van der Waals surface area contributed by atoms with E-state index < -0.39 is 205 Å². The van der Waals surface area contributed by atoms with E-state index in [1.807, 2.05) is 0 Å². The molecule has 0 spiro atoms. The van der Waals surface area contributed by atoms with Crippen molar-refractivity contribution in [2.24, 2.45) is 0 Å². The summed E-state index contributed by atoms with van der Waals surface area (Å²) in [5.41, 5.74) is -30.2. The molecule has 0 aliphatic carbocycles. The predicted molar refractivity (Wildman–Crippen MR) is 191 cm³/mol. The van der Waals surface area contributed by atoms with E-state index in [-0.39, 0.29) is 0 Å². The van der Waals surface area contributed by atoms with Crippen LogP contribution in [0.3, 0.4) is 0 Å². The van der Waals surface area contributed by atoms with Crippen molar-refractivity contribution >= 4 is 38.2 Å². The summed E-state index contributed by atoms with van der Waals surface area (Å²) in [7, 11) is -1.95. The molecule has 0 heterocycles. The largest absolute Gasteiger partial charge is 0.416 e. The maximum absolute atomic E-state index is 14.2. The van der Waals surface area contributed by atoms with Crippen LogP contribution in [0.15, 0.2) is 72.8 Å². The molecule has 0 saturated carbocycles. The van der Waals surface area contributed by atoms with E-state index in [4.69, 9.17) is 4.18 Å². The van der Waals surface area contributed by atoms with Crippen LogP contribution in [-0.4, -0.2) is 25.3 Å². The fourth-order valence-corrected chi connectivity index (χ4v) is 6.99. The Balaban J connectivity index is 0.00000116. The summed E-state index contributed by atoms with van der Waals surface area (Å²) in [6.07, 6.45) is -49.5. The standard InChI is InChI=1S/C32H12BF24.C6H15O2S/c34-25(35,36)13-1-14(26(37,38)39)6-21(5-13)33(22-7-15(27(40,41)42)2-16(8-22)28(43,44)45,23-9-17(29(46,47)48)3-18(10-23)30(49,50)51)24-11-19(31(52,53)54)4-20(12-24)32(55,56)57;1-4-5-6-8-9(2,3)7/h1-12H;4-6H2,1-3H3/q-1;+1. The number of benzene rings is 4. The molecule has 0 saturated heterocycles. The van der Waals surface area contributed by atoms with Crippen LogP contribution in [0.1, 0.15) is 64.3 Å². The summed E-state index contributed by atoms with van der Waals surface area (Å²) < 4.78 is 357. The lowest BCUT2D eigenvalue weighted by Gasteiger charge is -2.46. The topological polar surface area (TPSA) is 26.3 Å². The smallest absolute Gasteiger partial charge is 0.194 e. The van der Waals surface area contributed by atoms with Crippen molar-refractivity contribution in [2.45, 2.75) is 69.2 Å². The monoisotopic (exact) mass is 1010 g/mol. The van der Waals surface area contributed by atoms with E-state index in [1.54, 1.807) is 12.5 Å². The second kappa shape index (κ2) is 18.5. The Morgan fingerprint density at radius 2 is 0.530 bits per heavy atom. The summed E-state index contributed by atoms with van der Waals surface area (Å²) in [4.78, 5) is 0. The Morgan fingerprint density at radius 1 is 0.364 bits per heavy atom. The minimum atomic E-state index is -6.13. The maximum atomic E-state index is 14.2. The Labute approximate surface area is 357 Å². The van der Waals surface area contributed by atoms with Gasteiger partial charge in [-0.05, 0) is 30.7 Å². The molecule has 4 rings (SSSR count). The number of hydrogen-bond donors (Lipinski definition) is 0. The van der Waals surface area contributed by atoms with Crippen molar-refractivity contribution in [2.75, 3.05) is 19.1 Å². The SMILES string of the molecule is CCCCO[S+](C)(C)=O.FC(F)(F)c1cc([B-](c2cc(C(F)(F)F)cc(C(F)(F)F)c2)(c2cc(C(F)(F)F)cc(C(F)(F)F)c2)c2cc(C(F)(F)F)cc(C(F)(F)F)c2)cc(C(F)(F)F)c1. The normalized spacial score (nSPS) is 14.0. The van der Waals surface area contributed by atoms with Gasteiger partial charge in [-0.15, -0.1) is 0 Å². The lowest BCUT2D eigenvalue weighted by atomic mass is 9.12. The van der Waals surface area contributed by atoms with Gasteiger partial charge in [-0.3, -0.25) is 0 Å². The molecule has 0 unspecified atom stereocenters. The van der Waals surface area contributed by atoms with Crippen LogP contribution >= 0.6 is 0 Å². The van der Waals surface area contributed by atoms with E-state index in [9.17, 15) is 110 Å². The minimum absolute atomic E-state index is 0.627. The molecule has 2 nitrogen and oxygen atoms in total. The quantitative estimate of drug-likeness (QED) is 0.0761. The van der Waals surface area contributed by atoms with Crippen LogP contribution in [-0.2, 0) is 68.0 Å². The van der Waals surface area contributed by atoms with Gasteiger partial charge >= 0.3 is 49.4 Å². The number of unbranched alkanes of at least 4 members (excludes halogenated alkanes) is 1. The number of rotatable bonds is 8. The zero-order chi connectivity index (χ0) is 51.2. The maximum Gasteiger partial charge on any atom is 0.416 e. The third-order valence-corrected chi connectivity index (χ3v) is 10.0. The molecule has 0 atom stereocenters. The molecular formula is C38H27BF24O2S. The van der Waals surface area contributed by atoms with Crippen LogP contribution in [0.2, 0.25) is 0 Å². The summed E-state index contributed by atoms with van der Waals surface area (Å²) in [5.74, 6) is 0. The molecule has 0 aromatic heterocycles. The van der Waals surface area contributed by atoms with Gasteiger partial charge in [0.2, 0.25) is 10.2 Å². The van der Waals surface area contributed by atoms with Crippen molar-refractivity contribution in [1.29, 1.82) is 0 Å². The molecule has 0 aliphatic rings. The molecule has 66 heavy (non-hydrogen) atoms. The third-order valence-electron chi connectivity index (χ3n) is 9.31. The average molecular weight is 1010 g/mol. The molecular weight excluding hydrogens is 987 g/mol. The van der Waals surface area contributed by atoms with Gasteiger partial charge in [-0.1, -0.05) is 66.1 Å². The van der Waals surface area contributed by atoms with Crippen molar-refractivity contribution in [3.63, 3.8) is 0 Å². The molecule has 4 aromatic carbocycles. The average Bonchev–Trinajstić information content (AvgIpc) is 3.12. The summed E-state index contributed by atoms with van der Waals surface area (Å²) in [6.45, 7) is 2.71. The number of halogens is 24. The van der Waals surface area contributed by atoms with Gasteiger partial charge < -0.3 is 0 Å². The van der Waals surface area contributed by atoms with Gasteiger partial charge in [0.25, 0.3) is 0 Å². The van der Waals surface area contributed by atoms with Crippen molar-refractivity contribution in [1.82, 2.24) is 0 Å². The highest BCUT2D eigenvalue weighted by Crippen LogP contribution is 2.41. The van der Waals surface area contributed by atoms with Crippen molar-refractivity contribution in [3.8, 4) is 0 Å². The number of hydrogen-bond acceptors (Lipinski definition) is 2. The summed E-state index contributed by atoms with van der Waals surface area (Å²) >= 11 is 0. The molecule has 0 amide bonds. The molecule has 0 fully saturated rings. The Morgan fingerprint density at radius 3 is 0.652 bits per heavy atom. The zero-order valence-electron chi connectivity index (χ0n) is 32.9. The molecule has 0 N–H and O–H groups in total. The van der Waals surface area contributed by atoms with Gasteiger partial charge in [0.1, 0.15) is 25.3 Å². The first kappa shape index (κ1) is 55.7. The highest BCUT2D eigenvalue weighted by Gasteiger charge is 2.47. The molecule has 28 heteroatoms. The van der Waals surface area contributed by atoms with Crippen molar-refractivity contribution in [3.05, 3.63) is 117 Å². The second-order valence-electron chi connectivity index (χ2n) is 14.5. The molecule has 368 valence electrons. The Hall–Kier alpha value is -4.63. The van der Waals surface area contributed by atoms with Gasteiger partial charge in [0.05, 0.1) is 44.5 Å². The fraction of sp³-hybridized carbons (Fsp3) is 0.368. The molecule has 0 bridgehead atoms. The van der Waals surface area contributed by atoms with Crippen LogP contribution in [0.4, 0.5) is 105 Å². The van der Waals surface area contributed by atoms with Gasteiger partial charge in [-0.25, -0.2) is 0 Å². The zero-order valence-corrected chi connectivity index (χ0v) is 33.7. The highest BCUT2D eigenvalue weighted by atomic mass is 32.3. The van der Waals surface area contributed by atoms with E-state index >= 15 is 0 Å². The van der Waals surface area contributed by atoms with Crippen LogP contribution in [0.25, 0.3) is 0 Å². The van der Waals surface area contributed by atoms with E-state index in [2.05, 4.69) is 6.92 Å². The van der Waals surface area contributed by atoms with Crippen LogP contribution in [0, 0.1) is 0 Å². The third kappa shape index (κ3) is 13.7. The van der Waals surface area contributed by atoms with Gasteiger partial charge in [0.15, 0.2) is 0 Å². The first-order valence-corrected chi connectivity index (χ1v) is 20.1. The van der Waals surface area contributed by atoms with Crippen LogP contribution in [0.5, 0.6) is 0 Å². The van der Waals surface area contributed by atoms with Gasteiger partial charge in [-0.2, -0.15) is 131 Å². The van der Waals surface area contributed by atoms with E-state index in [0.717, 1.165) is 12.8 Å². The second-order valence-corrected chi connectivity index (χ2v) is 17.1. The van der Waals surface area contributed by atoms with E-state index in [1.165, 1.54) is 0 Å². The first-order chi connectivity index (χ1) is 29.3.